The molecule has 146 valence electrons. The molecule has 2 heterocycles. The average Bonchev–Trinajstić information content (AvgIpc) is 2.70. The van der Waals surface area contributed by atoms with Crippen LogP contribution in [0.1, 0.15) is 23.2 Å². The number of hydrogen-bond donors (Lipinski definition) is 1. The zero-order chi connectivity index (χ0) is 19.4. The maximum Gasteiger partial charge on any atom is 0.317 e. The Labute approximate surface area is 159 Å². The standard InChI is InChI=1S/C19H26N4O4/c1-21-13-14(7-8-17(21)24)20-19(26)23-11-9-22(10-12-23)18(25)15-5-3-4-6-16(15)27-2/h3-6,14H,7-13H2,1-2H3,(H,20,26)/t14-/m0/s1. The summed E-state index contributed by atoms with van der Waals surface area (Å²) >= 11 is 0. The quantitative estimate of drug-likeness (QED) is 0.848. The van der Waals surface area contributed by atoms with Crippen LogP contribution < -0.4 is 10.1 Å². The van der Waals surface area contributed by atoms with Gasteiger partial charge < -0.3 is 24.8 Å². The highest BCUT2D eigenvalue weighted by Gasteiger charge is 2.29. The number of hydrogen-bond acceptors (Lipinski definition) is 4. The molecule has 1 N–H and O–H groups in total. The number of benzene rings is 1. The summed E-state index contributed by atoms with van der Waals surface area (Å²) in [5, 5.41) is 3.00. The summed E-state index contributed by atoms with van der Waals surface area (Å²) in [6.07, 6.45) is 1.13. The molecule has 2 saturated heterocycles. The van der Waals surface area contributed by atoms with Gasteiger partial charge in [-0.05, 0) is 18.6 Å². The molecule has 8 heteroatoms. The highest BCUT2D eigenvalue weighted by atomic mass is 16.5. The fourth-order valence-electron chi connectivity index (χ4n) is 3.50. The third kappa shape index (κ3) is 4.32. The fourth-order valence-corrected chi connectivity index (χ4v) is 3.50. The number of amides is 4. The van der Waals surface area contributed by atoms with Crippen LogP contribution in [0.15, 0.2) is 24.3 Å². The van der Waals surface area contributed by atoms with Gasteiger partial charge in [-0.25, -0.2) is 4.79 Å². The molecule has 27 heavy (non-hydrogen) atoms. The van der Waals surface area contributed by atoms with Crippen LogP contribution in [0.3, 0.4) is 0 Å². The molecule has 3 rings (SSSR count). The van der Waals surface area contributed by atoms with Crippen LogP contribution in [0.25, 0.3) is 0 Å². The van der Waals surface area contributed by atoms with Crippen molar-refractivity contribution in [3.63, 3.8) is 0 Å². The summed E-state index contributed by atoms with van der Waals surface area (Å²) in [7, 11) is 3.30. The zero-order valence-electron chi connectivity index (χ0n) is 15.8. The number of nitrogens with zero attached hydrogens (tertiary/aromatic N) is 3. The number of rotatable bonds is 3. The molecule has 1 atom stereocenters. The summed E-state index contributed by atoms with van der Waals surface area (Å²) in [6.45, 7) is 2.46. The summed E-state index contributed by atoms with van der Waals surface area (Å²) in [6, 6.07) is 7.00. The van der Waals surface area contributed by atoms with E-state index in [1.54, 1.807) is 41.0 Å². The normalized spacial score (nSPS) is 20.4. The van der Waals surface area contributed by atoms with Gasteiger partial charge in [0.25, 0.3) is 5.91 Å². The number of likely N-dealkylation sites (tertiary alicyclic amines) is 1. The summed E-state index contributed by atoms with van der Waals surface area (Å²) in [5.74, 6) is 0.586. The maximum atomic E-state index is 12.7. The topological polar surface area (TPSA) is 82.2 Å². The van der Waals surface area contributed by atoms with Crippen LogP contribution in [0.4, 0.5) is 4.79 Å². The van der Waals surface area contributed by atoms with E-state index < -0.39 is 0 Å². The van der Waals surface area contributed by atoms with Gasteiger partial charge in [-0.15, -0.1) is 0 Å². The van der Waals surface area contributed by atoms with E-state index in [9.17, 15) is 14.4 Å². The first-order valence-corrected chi connectivity index (χ1v) is 9.21. The lowest BCUT2D eigenvalue weighted by atomic mass is 10.1. The maximum absolute atomic E-state index is 12.7. The van der Waals surface area contributed by atoms with Gasteiger partial charge in [0.15, 0.2) is 0 Å². The molecule has 4 amide bonds. The molecule has 0 saturated carbocycles. The van der Waals surface area contributed by atoms with Gasteiger partial charge in [0, 0.05) is 52.2 Å². The van der Waals surface area contributed by atoms with Crippen LogP contribution in [-0.4, -0.2) is 85.5 Å². The Balaban J connectivity index is 1.52. The second-order valence-electron chi connectivity index (χ2n) is 6.94. The number of nitrogens with one attached hydrogen (secondary N) is 1. The van der Waals surface area contributed by atoms with Gasteiger partial charge in [0.05, 0.1) is 12.7 Å². The smallest absolute Gasteiger partial charge is 0.317 e. The SMILES string of the molecule is COc1ccccc1C(=O)N1CCN(C(=O)N[C@H]2CCC(=O)N(C)C2)CC1. The Bertz CT molecular complexity index is 715. The monoisotopic (exact) mass is 374 g/mol. The molecule has 0 spiro atoms. The molecule has 2 fully saturated rings. The molecule has 2 aliphatic rings. The summed E-state index contributed by atoms with van der Waals surface area (Å²) < 4.78 is 5.27. The van der Waals surface area contributed by atoms with Crippen LogP contribution in [0.5, 0.6) is 5.75 Å². The van der Waals surface area contributed by atoms with Gasteiger partial charge in [0.1, 0.15) is 5.75 Å². The lowest BCUT2D eigenvalue weighted by Gasteiger charge is -2.37. The van der Waals surface area contributed by atoms with Crippen molar-refractivity contribution >= 4 is 17.8 Å². The van der Waals surface area contributed by atoms with Crippen molar-refractivity contribution in [3.8, 4) is 5.75 Å². The van der Waals surface area contributed by atoms with Gasteiger partial charge in [-0.2, -0.15) is 0 Å². The Hall–Kier alpha value is -2.77. The summed E-state index contributed by atoms with van der Waals surface area (Å²) in [4.78, 5) is 41.9. The molecular formula is C19H26N4O4. The minimum atomic E-state index is -0.132. The number of piperazine rings is 1. The number of methoxy groups -OCH3 is 1. The van der Waals surface area contributed by atoms with Crippen LogP contribution >= 0.6 is 0 Å². The lowest BCUT2D eigenvalue weighted by molar-refractivity contribution is -0.132. The molecule has 0 radical (unpaired) electrons. The van der Waals surface area contributed by atoms with E-state index in [1.165, 1.54) is 0 Å². The van der Waals surface area contributed by atoms with E-state index in [0.717, 1.165) is 0 Å². The zero-order valence-corrected chi connectivity index (χ0v) is 15.8. The fraction of sp³-hybridized carbons (Fsp3) is 0.526. The van der Waals surface area contributed by atoms with Gasteiger partial charge in [0.2, 0.25) is 5.91 Å². The number of piperidine rings is 1. The minimum Gasteiger partial charge on any atom is -0.496 e. The third-order valence-corrected chi connectivity index (χ3v) is 5.15. The van der Waals surface area contributed by atoms with Crippen molar-refractivity contribution in [2.75, 3.05) is 46.9 Å². The number of carbonyl (C=O) groups excluding carboxylic acids is 3. The molecule has 1 aromatic carbocycles. The summed E-state index contributed by atoms with van der Waals surface area (Å²) in [5.41, 5.74) is 0.535. The van der Waals surface area contributed by atoms with Crippen LogP contribution in [0.2, 0.25) is 0 Å². The first-order chi connectivity index (χ1) is 13.0. The number of likely N-dealkylation sites (N-methyl/N-ethyl adjacent to an activating group) is 1. The second-order valence-corrected chi connectivity index (χ2v) is 6.94. The highest BCUT2D eigenvalue weighted by molar-refractivity contribution is 5.97. The van der Waals surface area contributed by atoms with Crippen molar-refractivity contribution in [1.82, 2.24) is 20.0 Å². The second kappa shape index (κ2) is 8.28. The molecule has 0 unspecified atom stereocenters. The predicted molar refractivity (Wildman–Crippen MR) is 99.7 cm³/mol. The van der Waals surface area contributed by atoms with Crippen LogP contribution in [-0.2, 0) is 4.79 Å². The average molecular weight is 374 g/mol. The van der Waals surface area contributed by atoms with Crippen molar-refractivity contribution < 1.29 is 19.1 Å². The molecule has 0 bridgehead atoms. The molecule has 0 aliphatic carbocycles. The molecule has 2 aliphatic heterocycles. The van der Waals surface area contributed by atoms with Crippen molar-refractivity contribution in [3.05, 3.63) is 29.8 Å². The van der Waals surface area contributed by atoms with Gasteiger partial charge in [-0.3, -0.25) is 9.59 Å². The van der Waals surface area contributed by atoms with Crippen molar-refractivity contribution in [2.24, 2.45) is 0 Å². The molecule has 0 aromatic heterocycles. The van der Waals surface area contributed by atoms with E-state index in [0.29, 0.717) is 56.9 Å². The number of para-hydroxylation sites is 1. The highest BCUT2D eigenvalue weighted by Crippen LogP contribution is 2.20. The lowest BCUT2D eigenvalue weighted by Crippen LogP contribution is -2.56. The number of carbonyl (C=O) groups is 3. The van der Waals surface area contributed by atoms with Crippen molar-refractivity contribution in [1.29, 1.82) is 0 Å². The van der Waals surface area contributed by atoms with E-state index in [1.807, 2.05) is 12.1 Å². The van der Waals surface area contributed by atoms with E-state index in [4.69, 9.17) is 4.74 Å². The first-order valence-electron chi connectivity index (χ1n) is 9.21. The van der Waals surface area contributed by atoms with Gasteiger partial charge >= 0.3 is 6.03 Å². The number of urea groups is 1. The predicted octanol–water partition coefficient (Wildman–Crippen LogP) is 0.783. The molecular weight excluding hydrogens is 348 g/mol. The number of ether oxygens (including phenoxy) is 1. The van der Waals surface area contributed by atoms with Crippen molar-refractivity contribution in [2.45, 2.75) is 18.9 Å². The third-order valence-electron chi connectivity index (χ3n) is 5.15. The van der Waals surface area contributed by atoms with E-state index in [-0.39, 0.29) is 23.9 Å². The Kier molecular flexibility index (Phi) is 5.83. The Morgan fingerprint density at radius 3 is 2.44 bits per heavy atom. The Morgan fingerprint density at radius 1 is 1.11 bits per heavy atom. The first kappa shape index (κ1) is 19.0. The van der Waals surface area contributed by atoms with Crippen LogP contribution in [0, 0.1) is 0 Å². The van der Waals surface area contributed by atoms with E-state index >= 15 is 0 Å². The van der Waals surface area contributed by atoms with Gasteiger partial charge in [-0.1, -0.05) is 12.1 Å². The molecule has 8 nitrogen and oxygen atoms in total. The van der Waals surface area contributed by atoms with E-state index in [2.05, 4.69) is 5.32 Å². The minimum absolute atomic E-state index is 0.0200. The largest absolute Gasteiger partial charge is 0.496 e. The Morgan fingerprint density at radius 2 is 1.78 bits per heavy atom. The molecule has 1 aromatic rings.